The highest BCUT2D eigenvalue weighted by Gasteiger charge is 2.39. The van der Waals surface area contributed by atoms with Gasteiger partial charge < -0.3 is 14.2 Å². The molecule has 0 bridgehead atoms. The zero-order valence-electron chi connectivity index (χ0n) is 9.38. The van der Waals surface area contributed by atoms with E-state index in [1.165, 1.54) is 14.2 Å². The van der Waals surface area contributed by atoms with Crippen molar-refractivity contribution in [3.8, 4) is 17.2 Å². The van der Waals surface area contributed by atoms with E-state index in [0.29, 0.717) is 0 Å². The second-order valence-corrected chi connectivity index (χ2v) is 3.52. The van der Waals surface area contributed by atoms with E-state index in [4.69, 9.17) is 14.2 Å². The highest BCUT2D eigenvalue weighted by Crippen LogP contribution is 2.49. The van der Waals surface area contributed by atoms with Gasteiger partial charge in [-0.25, -0.2) is 0 Å². The number of thiol groups is 1. The standard InChI is InChI=1S/C10H11F3O3S/c1-14-5-4-6(17)7(10(11,12)13)9(16-3)8(5)15-2/h4,17H,1-3H3. The van der Waals surface area contributed by atoms with Gasteiger partial charge in [0.05, 0.1) is 21.3 Å². The van der Waals surface area contributed by atoms with Gasteiger partial charge in [-0.15, -0.1) is 12.6 Å². The van der Waals surface area contributed by atoms with E-state index in [-0.39, 0.29) is 16.4 Å². The first-order valence-electron chi connectivity index (χ1n) is 4.46. The van der Waals surface area contributed by atoms with Crippen LogP contribution in [0.3, 0.4) is 0 Å². The van der Waals surface area contributed by atoms with Gasteiger partial charge in [-0.3, -0.25) is 0 Å². The number of methoxy groups -OCH3 is 3. The van der Waals surface area contributed by atoms with Crippen LogP contribution in [0.2, 0.25) is 0 Å². The van der Waals surface area contributed by atoms with Crippen LogP contribution < -0.4 is 14.2 Å². The number of hydrogen-bond donors (Lipinski definition) is 1. The molecule has 0 aliphatic heterocycles. The number of rotatable bonds is 3. The van der Waals surface area contributed by atoms with Gasteiger partial charge in [0.2, 0.25) is 5.75 Å². The molecule has 1 rings (SSSR count). The Morgan fingerprint density at radius 1 is 1.00 bits per heavy atom. The lowest BCUT2D eigenvalue weighted by atomic mass is 10.1. The molecule has 0 saturated carbocycles. The molecule has 3 nitrogen and oxygen atoms in total. The number of benzene rings is 1. The topological polar surface area (TPSA) is 27.7 Å². The minimum atomic E-state index is -4.58. The Hall–Kier alpha value is -1.24. The smallest absolute Gasteiger partial charge is 0.421 e. The van der Waals surface area contributed by atoms with Crippen LogP contribution in [-0.2, 0) is 6.18 Å². The van der Waals surface area contributed by atoms with Crippen molar-refractivity contribution in [3.63, 3.8) is 0 Å². The Kier molecular flexibility index (Phi) is 4.03. The van der Waals surface area contributed by atoms with Crippen molar-refractivity contribution >= 4 is 12.6 Å². The SMILES string of the molecule is COc1cc(S)c(C(F)(F)F)c(OC)c1OC. The highest BCUT2D eigenvalue weighted by molar-refractivity contribution is 7.80. The summed E-state index contributed by atoms with van der Waals surface area (Å²) < 4.78 is 53.0. The molecular formula is C10H11F3O3S. The van der Waals surface area contributed by atoms with Gasteiger partial charge in [0.15, 0.2) is 11.5 Å². The molecule has 0 atom stereocenters. The molecule has 0 amide bonds. The third-order valence-electron chi connectivity index (χ3n) is 2.09. The first-order chi connectivity index (χ1) is 7.86. The Bertz CT molecular complexity index is 418. The van der Waals surface area contributed by atoms with Gasteiger partial charge in [0, 0.05) is 4.90 Å². The van der Waals surface area contributed by atoms with Crippen molar-refractivity contribution in [1.82, 2.24) is 0 Å². The van der Waals surface area contributed by atoms with Crippen LogP contribution in [0.1, 0.15) is 5.56 Å². The molecule has 0 fully saturated rings. The number of halogens is 3. The molecule has 0 radical (unpaired) electrons. The van der Waals surface area contributed by atoms with Crippen molar-refractivity contribution in [2.24, 2.45) is 0 Å². The molecule has 0 saturated heterocycles. The average molecular weight is 268 g/mol. The van der Waals surface area contributed by atoms with Gasteiger partial charge in [-0.1, -0.05) is 0 Å². The number of ether oxygens (including phenoxy) is 3. The molecule has 0 heterocycles. The summed E-state index contributed by atoms with van der Waals surface area (Å²) in [5, 5.41) is 0. The van der Waals surface area contributed by atoms with Crippen molar-refractivity contribution in [2.45, 2.75) is 11.1 Å². The van der Waals surface area contributed by atoms with Crippen molar-refractivity contribution in [3.05, 3.63) is 11.6 Å². The third kappa shape index (κ3) is 2.54. The molecule has 0 aliphatic carbocycles. The van der Waals surface area contributed by atoms with E-state index in [2.05, 4.69) is 12.6 Å². The fourth-order valence-electron chi connectivity index (χ4n) is 1.42. The minimum absolute atomic E-state index is 0.111. The fraction of sp³-hybridized carbons (Fsp3) is 0.400. The third-order valence-corrected chi connectivity index (χ3v) is 2.45. The second-order valence-electron chi connectivity index (χ2n) is 3.04. The molecule has 0 aromatic heterocycles. The normalized spacial score (nSPS) is 11.2. The fourth-order valence-corrected chi connectivity index (χ4v) is 1.76. The molecule has 0 aliphatic rings. The summed E-state index contributed by atoms with van der Waals surface area (Å²) in [5.74, 6) is -0.424. The van der Waals surface area contributed by atoms with Crippen molar-refractivity contribution < 1.29 is 27.4 Å². The summed E-state index contributed by atoms with van der Waals surface area (Å²) in [5.41, 5.74) is -0.985. The van der Waals surface area contributed by atoms with E-state index in [0.717, 1.165) is 13.2 Å². The van der Waals surface area contributed by atoms with E-state index < -0.39 is 17.5 Å². The summed E-state index contributed by atoms with van der Waals surface area (Å²) in [4.78, 5) is -0.285. The molecule has 1 aromatic carbocycles. The highest BCUT2D eigenvalue weighted by atomic mass is 32.1. The number of hydrogen-bond acceptors (Lipinski definition) is 4. The molecule has 0 spiro atoms. The molecule has 1 aromatic rings. The average Bonchev–Trinajstić information content (AvgIpc) is 2.25. The predicted octanol–water partition coefficient (Wildman–Crippen LogP) is 3.02. The molecular weight excluding hydrogens is 257 g/mol. The van der Waals surface area contributed by atoms with Gasteiger partial charge in [-0.2, -0.15) is 13.2 Å². The van der Waals surface area contributed by atoms with Crippen molar-refractivity contribution in [2.75, 3.05) is 21.3 Å². The van der Waals surface area contributed by atoms with E-state index in [1.807, 2.05) is 0 Å². The van der Waals surface area contributed by atoms with E-state index in [9.17, 15) is 13.2 Å². The summed E-state index contributed by atoms with van der Waals surface area (Å²) >= 11 is 3.79. The summed E-state index contributed by atoms with van der Waals surface area (Å²) in [7, 11) is 3.68. The maximum absolute atomic E-state index is 12.8. The lowest BCUT2D eigenvalue weighted by Gasteiger charge is -2.19. The molecule has 7 heteroatoms. The quantitative estimate of drug-likeness (QED) is 0.854. The summed E-state index contributed by atoms with van der Waals surface area (Å²) in [6.07, 6.45) is -4.58. The van der Waals surface area contributed by atoms with Crippen LogP contribution >= 0.6 is 12.6 Å². The number of alkyl halides is 3. The molecule has 0 N–H and O–H groups in total. The van der Waals surface area contributed by atoms with Crippen LogP contribution in [0, 0.1) is 0 Å². The zero-order valence-corrected chi connectivity index (χ0v) is 10.3. The largest absolute Gasteiger partial charge is 0.493 e. The van der Waals surface area contributed by atoms with Crippen molar-refractivity contribution in [1.29, 1.82) is 0 Å². The van der Waals surface area contributed by atoms with Crippen LogP contribution in [-0.4, -0.2) is 21.3 Å². The maximum atomic E-state index is 12.8. The first kappa shape index (κ1) is 13.8. The Morgan fingerprint density at radius 2 is 1.53 bits per heavy atom. The molecule has 0 unspecified atom stereocenters. The summed E-state index contributed by atoms with van der Waals surface area (Å²) in [6.45, 7) is 0. The van der Waals surface area contributed by atoms with Gasteiger partial charge in [-0.05, 0) is 6.07 Å². The minimum Gasteiger partial charge on any atom is -0.493 e. The monoisotopic (exact) mass is 268 g/mol. The van der Waals surface area contributed by atoms with Crippen LogP contribution in [0.25, 0.3) is 0 Å². The van der Waals surface area contributed by atoms with Crippen LogP contribution in [0.15, 0.2) is 11.0 Å². The lowest BCUT2D eigenvalue weighted by Crippen LogP contribution is -2.10. The van der Waals surface area contributed by atoms with Gasteiger partial charge >= 0.3 is 6.18 Å². The second kappa shape index (κ2) is 4.95. The Morgan fingerprint density at radius 3 is 1.88 bits per heavy atom. The maximum Gasteiger partial charge on any atom is 0.421 e. The van der Waals surface area contributed by atoms with E-state index in [1.54, 1.807) is 0 Å². The van der Waals surface area contributed by atoms with E-state index >= 15 is 0 Å². The molecule has 96 valence electrons. The zero-order chi connectivity index (χ0) is 13.2. The van der Waals surface area contributed by atoms with Crippen LogP contribution in [0.5, 0.6) is 17.2 Å². The van der Waals surface area contributed by atoms with Gasteiger partial charge in [0.25, 0.3) is 0 Å². The summed E-state index contributed by atoms with van der Waals surface area (Å²) in [6, 6.07) is 1.13. The Balaban J connectivity index is 3.61. The Labute approximate surface area is 102 Å². The predicted molar refractivity (Wildman–Crippen MR) is 58.4 cm³/mol. The lowest BCUT2D eigenvalue weighted by molar-refractivity contribution is -0.141. The van der Waals surface area contributed by atoms with Crippen LogP contribution in [0.4, 0.5) is 13.2 Å². The first-order valence-corrected chi connectivity index (χ1v) is 4.90. The van der Waals surface area contributed by atoms with Gasteiger partial charge in [0.1, 0.15) is 5.56 Å². The molecule has 17 heavy (non-hydrogen) atoms.